The third-order valence-electron chi connectivity index (χ3n) is 5.10. The third-order valence-corrected chi connectivity index (χ3v) is 6.58. The maximum absolute atomic E-state index is 12.6. The molecular formula is C25H29NO6S. The summed E-state index contributed by atoms with van der Waals surface area (Å²) >= 11 is 0. The molecule has 0 aliphatic carbocycles. The lowest BCUT2D eigenvalue weighted by atomic mass is 10.1. The van der Waals surface area contributed by atoms with Crippen molar-refractivity contribution < 1.29 is 27.1 Å². The van der Waals surface area contributed by atoms with Crippen LogP contribution in [-0.2, 0) is 26.8 Å². The van der Waals surface area contributed by atoms with Gasteiger partial charge in [0.25, 0.3) is 0 Å². The number of carbonyl (C=O) groups excluding carboxylic acids is 1. The molecule has 3 rings (SSSR count). The minimum Gasteiger partial charge on any atom is -0.497 e. The summed E-state index contributed by atoms with van der Waals surface area (Å²) in [6.07, 6.45) is 1.50. The van der Waals surface area contributed by atoms with Gasteiger partial charge in [-0.2, -0.15) is 0 Å². The van der Waals surface area contributed by atoms with Crippen LogP contribution in [0.4, 0.5) is 0 Å². The number of aromatic nitrogens is 1. The molecule has 33 heavy (non-hydrogen) atoms. The Morgan fingerprint density at radius 2 is 1.85 bits per heavy atom. The zero-order valence-corrected chi connectivity index (χ0v) is 20.0. The van der Waals surface area contributed by atoms with Gasteiger partial charge in [-0.3, -0.25) is 4.79 Å². The molecule has 0 saturated heterocycles. The molecule has 176 valence electrons. The fourth-order valence-electron chi connectivity index (χ4n) is 3.43. The lowest BCUT2D eigenvalue weighted by Gasteiger charge is -2.05. The molecule has 0 fully saturated rings. The molecule has 0 aliphatic rings. The lowest BCUT2D eigenvalue weighted by Crippen LogP contribution is -2.18. The molecule has 0 saturated carbocycles. The van der Waals surface area contributed by atoms with Gasteiger partial charge in [-0.1, -0.05) is 18.2 Å². The van der Waals surface area contributed by atoms with Crippen LogP contribution in [0.5, 0.6) is 11.5 Å². The number of methoxy groups -OCH3 is 1. The van der Waals surface area contributed by atoms with E-state index in [-0.39, 0.29) is 18.0 Å². The van der Waals surface area contributed by atoms with Crippen LogP contribution >= 0.6 is 0 Å². The number of Topliss-reactive ketones (excluding diaryl/α,β-unsaturated/α-hetero) is 1. The molecule has 0 N–H and O–H groups in total. The number of hydrogen-bond acceptors (Lipinski definition) is 7. The van der Waals surface area contributed by atoms with E-state index in [1.807, 2.05) is 31.2 Å². The maximum atomic E-state index is 12.6. The van der Waals surface area contributed by atoms with E-state index in [0.717, 1.165) is 11.3 Å². The van der Waals surface area contributed by atoms with Crippen molar-refractivity contribution in [1.29, 1.82) is 0 Å². The molecule has 1 aromatic heterocycles. The number of rotatable bonds is 12. The van der Waals surface area contributed by atoms with Crippen molar-refractivity contribution in [3.63, 3.8) is 0 Å². The second-order valence-corrected chi connectivity index (χ2v) is 9.82. The quantitative estimate of drug-likeness (QED) is 0.382. The molecule has 0 radical (unpaired) electrons. The topological polar surface area (TPSA) is 95.7 Å². The zero-order chi connectivity index (χ0) is 23.8. The summed E-state index contributed by atoms with van der Waals surface area (Å²) in [7, 11) is -2.10. The van der Waals surface area contributed by atoms with Crippen molar-refractivity contribution in [3.8, 4) is 23.0 Å². The van der Waals surface area contributed by atoms with Crippen molar-refractivity contribution in [2.45, 2.75) is 38.9 Å². The second-order valence-electron chi connectivity index (χ2n) is 7.76. The van der Waals surface area contributed by atoms with Crippen LogP contribution in [0.1, 0.15) is 36.8 Å². The first-order valence-corrected chi connectivity index (χ1v) is 12.7. The largest absolute Gasteiger partial charge is 0.497 e. The van der Waals surface area contributed by atoms with Crippen LogP contribution in [0.2, 0.25) is 0 Å². The van der Waals surface area contributed by atoms with Gasteiger partial charge in [0, 0.05) is 12.0 Å². The Labute approximate surface area is 194 Å². The summed E-state index contributed by atoms with van der Waals surface area (Å²) in [5, 5.41) is 0. The smallest absolute Gasteiger partial charge is 0.226 e. The standard InChI is InChI=1S/C25H29NO6S/c1-4-31-22-13-11-19(12-14-22)7-5-9-21(27)16-33(28,29)17-24-18(2)32-25(26-24)20-8-6-10-23(15-20)30-3/h6,8,10-15H,4-5,7,9,16-17H2,1-3H3. The van der Waals surface area contributed by atoms with Crippen molar-refractivity contribution in [2.24, 2.45) is 0 Å². The van der Waals surface area contributed by atoms with Crippen LogP contribution in [0.25, 0.3) is 11.5 Å². The highest BCUT2D eigenvalue weighted by Gasteiger charge is 2.22. The van der Waals surface area contributed by atoms with Gasteiger partial charge in [-0.05, 0) is 62.6 Å². The molecule has 0 bridgehead atoms. The van der Waals surface area contributed by atoms with Crippen LogP contribution in [0.15, 0.2) is 52.9 Å². The Balaban J connectivity index is 1.54. The summed E-state index contributed by atoms with van der Waals surface area (Å²) in [6, 6.07) is 14.9. The highest BCUT2D eigenvalue weighted by molar-refractivity contribution is 7.91. The minimum atomic E-state index is -3.66. The zero-order valence-electron chi connectivity index (χ0n) is 19.2. The van der Waals surface area contributed by atoms with Crippen LogP contribution in [-0.4, -0.2) is 38.7 Å². The molecule has 0 atom stereocenters. The van der Waals surface area contributed by atoms with E-state index in [4.69, 9.17) is 13.9 Å². The average Bonchev–Trinajstić information content (AvgIpc) is 3.14. The Morgan fingerprint density at radius 3 is 2.55 bits per heavy atom. The Bertz CT molecular complexity index is 1180. The van der Waals surface area contributed by atoms with Crippen LogP contribution < -0.4 is 9.47 Å². The minimum absolute atomic E-state index is 0.208. The number of nitrogens with zero attached hydrogens (tertiary/aromatic N) is 1. The first-order valence-electron chi connectivity index (χ1n) is 10.8. The first-order chi connectivity index (χ1) is 15.8. The third kappa shape index (κ3) is 7.18. The molecule has 7 nitrogen and oxygen atoms in total. The summed E-state index contributed by atoms with van der Waals surface area (Å²) in [5.41, 5.74) is 2.08. The molecular weight excluding hydrogens is 442 g/mol. The van der Waals surface area contributed by atoms with E-state index >= 15 is 0 Å². The summed E-state index contributed by atoms with van der Waals surface area (Å²) in [5.74, 6) is 1.05. The number of sulfone groups is 1. The predicted molar refractivity (Wildman–Crippen MR) is 126 cm³/mol. The highest BCUT2D eigenvalue weighted by Crippen LogP contribution is 2.26. The fraction of sp³-hybridized carbons (Fsp3) is 0.360. The summed E-state index contributed by atoms with van der Waals surface area (Å²) in [6.45, 7) is 4.20. The van der Waals surface area contributed by atoms with Gasteiger partial charge in [0.1, 0.15) is 28.8 Å². The molecule has 0 aliphatic heterocycles. The number of aryl methyl sites for hydroxylation is 2. The van der Waals surface area contributed by atoms with Crippen molar-refractivity contribution in [3.05, 3.63) is 65.5 Å². The van der Waals surface area contributed by atoms with E-state index < -0.39 is 15.6 Å². The summed E-state index contributed by atoms with van der Waals surface area (Å²) in [4.78, 5) is 16.7. The Hall–Kier alpha value is -3.13. The SMILES string of the molecule is CCOc1ccc(CCCC(=O)CS(=O)(=O)Cc2nc(-c3cccc(OC)c3)oc2C)cc1. The van der Waals surface area contributed by atoms with E-state index in [0.29, 0.717) is 48.1 Å². The van der Waals surface area contributed by atoms with Crippen molar-refractivity contribution >= 4 is 15.6 Å². The molecule has 1 heterocycles. The molecule has 3 aromatic rings. The molecule has 8 heteroatoms. The van der Waals surface area contributed by atoms with Crippen molar-refractivity contribution in [1.82, 2.24) is 4.98 Å². The number of ketones is 1. The van der Waals surface area contributed by atoms with Gasteiger partial charge < -0.3 is 13.9 Å². The molecule has 0 unspecified atom stereocenters. The monoisotopic (exact) mass is 471 g/mol. The van der Waals surface area contributed by atoms with Gasteiger partial charge in [0.15, 0.2) is 9.84 Å². The molecule has 2 aromatic carbocycles. The number of carbonyl (C=O) groups is 1. The van der Waals surface area contributed by atoms with E-state index in [1.54, 1.807) is 38.3 Å². The maximum Gasteiger partial charge on any atom is 0.226 e. The van der Waals surface area contributed by atoms with Gasteiger partial charge in [0.2, 0.25) is 5.89 Å². The van der Waals surface area contributed by atoms with Crippen molar-refractivity contribution in [2.75, 3.05) is 19.5 Å². The predicted octanol–water partition coefficient (Wildman–Crippen LogP) is 4.56. The molecule has 0 spiro atoms. The van der Waals surface area contributed by atoms with Gasteiger partial charge >= 0.3 is 0 Å². The van der Waals surface area contributed by atoms with Crippen LogP contribution in [0, 0.1) is 6.92 Å². The average molecular weight is 472 g/mol. The van der Waals surface area contributed by atoms with E-state index in [9.17, 15) is 13.2 Å². The highest BCUT2D eigenvalue weighted by atomic mass is 32.2. The van der Waals surface area contributed by atoms with Crippen LogP contribution in [0.3, 0.4) is 0 Å². The molecule has 0 amide bonds. The Kier molecular flexibility index (Phi) is 8.27. The van der Waals surface area contributed by atoms with Gasteiger partial charge in [0.05, 0.1) is 25.2 Å². The van der Waals surface area contributed by atoms with Gasteiger partial charge in [-0.25, -0.2) is 13.4 Å². The number of benzene rings is 2. The van der Waals surface area contributed by atoms with Gasteiger partial charge in [-0.15, -0.1) is 0 Å². The van der Waals surface area contributed by atoms with E-state index in [1.165, 1.54) is 0 Å². The number of ether oxygens (including phenoxy) is 2. The lowest BCUT2D eigenvalue weighted by molar-refractivity contribution is -0.116. The first kappa shape index (κ1) is 24.5. The second kappa shape index (κ2) is 11.1. The Morgan fingerprint density at radius 1 is 1.09 bits per heavy atom. The summed E-state index contributed by atoms with van der Waals surface area (Å²) < 4.78 is 41.5. The normalized spacial score (nSPS) is 11.4. The number of hydrogen-bond donors (Lipinski definition) is 0. The fourth-order valence-corrected chi connectivity index (χ4v) is 4.85. The van der Waals surface area contributed by atoms with E-state index in [2.05, 4.69) is 4.98 Å². The number of oxazole rings is 1.